The van der Waals surface area contributed by atoms with Gasteiger partial charge in [0.1, 0.15) is 6.04 Å². The molecule has 0 unspecified atom stereocenters. The van der Waals surface area contributed by atoms with Crippen molar-refractivity contribution in [3.05, 3.63) is 24.2 Å². The number of nitrogens with one attached hydrogen (secondary N) is 3. The van der Waals surface area contributed by atoms with Crippen LogP contribution in [0.25, 0.3) is 0 Å². The Morgan fingerprint density at radius 3 is 2.30 bits per heavy atom. The lowest BCUT2D eigenvalue weighted by Gasteiger charge is -2.55. The zero-order chi connectivity index (χ0) is 21.3. The van der Waals surface area contributed by atoms with Crippen LogP contribution in [0.4, 0.5) is 0 Å². The number of esters is 1. The van der Waals surface area contributed by atoms with Gasteiger partial charge in [0.05, 0.1) is 6.26 Å². The molecule has 4 aliphatic rings. The molecule has 0 aliphatic heterocycles. The Kier molecular flexibility index (Phi) is 5.53. The molecule has 0 aromatic carbocycles. The van der Waals surface area contributed by atoms with E-state index in [9.17, 15) is 19.2 Å². The largest absolute Gasteiger partial charge is 0.459 e. The van der Waals surface area contributed by atoms with Gasteiger partial charge in [0.25, 0.3) is 5.91 Å². The van der Waals surface area contributed by atoms with Gasteiger partial charge in [-0.2, -0.15) is 0 Å². The lowest BCUT2D eigenvalue weighted by molar-refractivity contribution is -0.155. The van der Waals surface area contributed by atoms with Crippen LogP contribution >= 0.6 is 0 Å². The number of rotatable bonds is 6. The Bertz CT molecular complexity index is 799. The van der Waals surface area contributed by atoms with Gasteiger partial charge in [-0.3, -0.25) is 25.2 Å². The highest BCUT2D eigenvalue weighted by Gasteiger charge is 2.54. The maximum atomic E-state index is 13.0. The van der Waals surface area contributed by atoms with Crippen LogP contribution in [0.3, 0.4) is 0 Å². The molecular weight excluding hydrogens is 390 g/mol. The smallest absolute Gasteiger partial charge is 0.328 e. The Morgan fingerprint density at radius 2 is 1.73 bits per heavy atom. The molecule has 4 bridgehead atoms. The SMILES string of the molecule is C[C@H](NC(=O)C12CC3CC(CC(C3)C1)C2)C(=O)OCC(=O)NNC(=O)c1ccco1. The van der Waals surface area contributed by atoms with E-state index in [1.807, 2.05) is 0 Å². The van der Waals surface area contributed by atoms with Crippen LogP contribution in [0.5, 0.6) is 0 Å². The molecule has 3 N–H and O–H groups in total. The van der Waals surface area contributed by atoms with Crippen LogP contribution in [0.15, 0.2) is 22.8 Å². The van der Waals surface area contributed by atoms with Gasteiger partial charge >= 0.3 is 11.9 Å². The molecule has 0 spiro atoms. The highest BCUT2D eigenvalue weighted by atomic mass is 16.5. The van der Waals surface area contributed by atoms with E-state index in [4.69, 9.17) is 9.15 Å². The maximum absolute atomic E-state index is 13.0. The second-order valence-corrected chi connectivity index (χ2v) is 8.98. The molecule has 0 radical (unpaired) electrons. The average molecular weight is 417 g/mol. The number of furan rings is 1. The minimum Gasteiger partial charge on any atom is -0.459 e. The molecule has 1 atom stereocenters. The van der Waals surface area contributed by atoms with Gasteiger partial charge in [-0.05, 0) is 75.3 Å². The summed E-state index contributed by atoms with van der Waals surface area (Å²) in [5, 5.41) is 2.80. The van der Waals surface area contributed by atoms with Crippen molar-refractivity contribution >= 4 is 23.7 Å². The maximum Gasteiger partial charge on any atom is 0.328 e. The molecular formula is C21H27N3O6. The quantitative estimate of drug-likeness (QED) is 0.473. The summed E-state index contributed by atoms with van der Waals surface area (Å²) < 4.78 is 9.86. The van der Waals surface area contributed by atoms with Gasteiger partial charge in [0.15, 0.2) is 12.4 Å². The first-order chi connectivity index (χ1) is 14.3. The normalized spacial score (nSPS) is 29.7. The third-order valence-corrected chi connectivity index (χ3v) is 6.63. The fourth-order valence-electron chi connectivity index (χ4n) is 5.69. The third kappa shape index (κ3) is 4.20. The molecule has 9 nitrogen and oxygen atoms in total. The lowest BCUT2D eigenvalue weighted by atomic mass is 9.49. The summed E-state index contributed by atoms with van der Waals surface area (Å²) in [7, 11) is 0. The monoisotopic (exact) mass is 417 g/mol. The molecule has 1 aromatic heterocycles. The Balaban J connectivity index is 1.21. The summed E-state index contributed by atoms with van der Waals surface area (Å²) in [4.78, 5) is 48.6. The zero-order valence-electron chi connectivity index (χ0n) is 16.9. The fraction of sp³-hybridized carbons (Fsp3) is 0.619. The highest BCUT2D eigenvalue weighted by Crippen LogP contribution is 2.60. The molecule has 30 heavy (non-hydrogen) atoms. The summed E-state index contributed by atoms with van der Waals surface area (Å²) >= 11 is 0. The van der Waals surface area contributed by atoms with Crippen molar-refractivity contribution in [3.63, 3.8) is 0 Å². The molecule has 4 aliphatic carbocycles. The van der Waals surface area contributed by atoms with Crippen molar-refractivity contribution in [1.82, 2.24) is 16.2 Å². The van der Waals surface area contributed by atoms with Crippen LogP contribution < -0.4 is 16.2 Å². The van der Waals surface area contributed by atoms with Crippen LogP contribution in [0, 0.1) is 23.2 Å². The summed E-state index contributed by atoms with van der Waals surface area (Å²) in [6, 6.07) is 2.13. The van der Waals surface area contributed by atoms with Crippen molar-refractivity contribution in [1.29, 1.82) is 0 Å². The minimum atomic E-state index is -0.851. The number of carbonyl (C=O) groups excluding carboxylic acids is 4. The number of carbonyl (C=O) groups is 4. The topological polar surface area (TPSA) is 127 Å². The number of amides is 3. The number of ether oxygens (including phenoxy) is 1. The summed E-state index contributed by atoms with van der Waals surface area (Å²) in [6.07, 6.45) is 7.75. The zero-order valence-corrected chi connectivity index (χ0v) is 16.9. The van der Waals surface area contributed by atoms with Crippen LogP contribution in [-0.4, -0.2) is 36.3 Å². The van der Waals surface area contributed by atoms with Gasteiger partial charge in [-0.1, -0.05) is 0 Å². The molecule has 0 saturated heterocycles. The van der Waals surface area contributed by atoms with E-state index < -0.39 is 30.4 Å². The molecule has 4 saturated carbocycles. The first kappa shape index (κ1) is 20.4. The summed E-state index contributed by atoms with van der Waals surface area (Å²) in [5.74, 6) is -0.174. The first-order valence-electron chi connectivity index (χ1n) is 10.4. The molecule has 9 heteroatoms. The number of hydrazine groups is 1. The summed E-state index contributed by atoms with van der Waals surface area (Å²) in [5.41, 5.74) is 3.93. The minimum absolute atomic E-state index is 0.0355. The van der Waals surface area contributed by atoms with E-state index in [0.717, 1.165) is 19.3 Å². The highest BCUT2D eigenvalue weighted by molar-refractivity contribution is 5.93. The Morgan fingerprint density at radius 1 is 1.10 bits per heavy atom. The molecule has 3 amide bonds. The fourth-order valence-corrected chi connectivity index (χ4v) is 5.69. The summed E-state index contributed by atoms with van der Waals surface area (Å²) in [6.45, 7) is 0.978. The van der Waals surface area contributed by atoms with Gasteiger partial charge < -0.3 is 14.5 Å². The van der Waals surface area contributed by atoms with E-state index in [1.165, 1.54) is 37.7 Å². The lowest BCUT2D eigenvalue weighted by Crippen LogP contribution is -2.56. The number of hydrogen-bond donors (Lipinski definition) is 3. The van der Waals surface area contributed by atoms with Crippen LogP contribution in [0.2, 0.25) is 0 Å². The van der Waals surface area contributed by atoms with Gasteiger partial charge in [-0.25, -0.2) is 4.79 Å². The van der Waals surface area contributed by atoms with E-state index in [2.05, 4.69) is 16.2 Å². The second-order valence-electron chi connectivity index (χ2n) is 8.98. The average Bonchev–Trinajstić information content (AvgIpc) is 3.24. The van der Waals surface area contributed by atoms with Crippen molar-refractivity contribution < 1.29 is 28.3 Å². The predicted molar refractivity (Wildman–Crippen MR) is 103 cm³/mol. The van der Waals surface area contributed by atoms with Crippen molar-refractivity contribution in [2.45, 2.75) is 51.5 Å². The first-order valence-corrected chi connectivity index (χ1v) is 10.4. The molecule has 1 aromatic rings. The Labute approximate surface area is 174 Å². The van der Waals surface area contributed by atoms with Crippen molar-refractivity contribution in [3.8, 4) is 0 Å². The van der Waals surface area contributed by atoms with E-state index in [0.29, 0.717) is 17.8 Å². The van der Waals surface area contributed by atoms with Gasteiger partial charge in [0, 0.05) is 5.41 Å². The van der Waals surface area contributed by atoms with Crippen molar-refractivity contribution in [2.24, 2.45) is 23.2 Å². The van der Waals surface area contributed by atoms with E-state index in [1.54, 1.807) is 6.92 Å². The predicted octanol–water partition coefficient (Wildman–Crippen LogP) is 1.30. The van der Waals surface area contributed by atoms with Crippen molar-refractivity contribution in [2.75, 3.05) is 6.61 Å². The molecule has 5 rings (SSSR count). The van der Waals surface area contributed by atoms with Gasteiger partial charge in [0.2, 0.25) is 5.91 Å². The third-order valence-electron chi connectivity index (χ3n) is 6.63. The Hall–Kier alpha value is -2.84. The van der Waals surface area contributed by atoms with Gasteiger partial charge in [-0.15, -0.1) is 0 Å². The standard InChI is InChI=1S/C21H27N3O6/c1-12(19(27)30-11-17(25)23-24-18(26)16-3-2-4-29-16)22-20(28)21-8-13-5-14(9-21)7-15(6-13)10-21/h2-4,12-15H,5-11H2,1H3,(H,22,28)(H,23,25)(H,24,26)/t12-,13?,14?,15?,21?/m0/s1. The van der Waals surface area contributed by atoms with Crippen LogP contribution in [-0.2, 0) is 19.1 Å². The molecule has 1 heterocycles. The van der Waals surface area contributed by atoms with E-state index >= 15 is 0 Å². The molecule has 162 valence electrons. The number of hydrogen-bond acceptors (Lipinski definition) is 6. The molecule has 4 fully saturated rings. The van der Waals surface area contributed by atoms with E-state index in [-0.39, 0.29) is 17.1 Å². The van der Waals surface area contributed by atoms with Crippen LogP contribution in [0.1, 0.15) is 56.0 Å². The second kappa shape index (κ2) is 8.12.